The third-order valence-corrected chi connectivity index (χ3v) is 2.80. The molecule has 0 atom stereocenters. The second kappa shape index (κ2) is 4.62. The monoisotopic (exact) mass is 227 g/mol. The van der Waals surface area contributed by atoms with Crippen LogP contribution < -0.4 is 0 Å². The number of nitrogens with zero attached hydrogens (tertiary/aromatic N) is 1. The standard InChI is InChI=1S/C11H13NO2.ClH/c1-7-10(11(13)14)9-5-3-2-4-8(9)6-12-7;/h6H,2-5H2,1H3,(H,13,14);1H. The molecule has 4 heteroatoms. The van der Waals surface area contributed by atoms with E-state index in [2.05, 4.69) is 4.98 Å². The number of aromatic nitrogens is 1. The molecule has 1 aliphatic carbocycles. The normalized spacial score (nSPS) is 13.9. The van der Waals surface area contributed by atoms with Gasteiger partial charge in [0, 0.05) is 6.20 Å². The highest BCUT2D eigenvalue weighted by molar-refractivity contribution is 5.91. The maximum Gasteiger partial charge on any atom is 0.337 e. The van der Waals surface area contributed by atoms with E-state index in [9.17, 15) is 4.79 Å². The molecule has 1 N–H and O–H groups in total. The largest absolute Gasteiger partial charge is 0.478 e. The minimum Gasteiger partial charge on any atom is -0.478 e. The van der Waals surface area contributed by atoms with E-state index in [-0.39, 0.29) is 12.4 Å². The smallest absolute Gasteiger partial charge is 0.337 e. The molecule has 1 heterocycles. The molecule has 0 spiro atoms. The minimum absolute atomic E-state index is 0. The molecule has 0 unspecified atom stereocenters. The van der Waals surface area contributed by atoms with Gasteiger partial charge in [-0.2, -0.15) is 0 Å². The number of hydrogen-bond acceptors (Lipinski definition) is 2. The van der Waals surface area contributed by atoms with Crippen LogP contribution in [0.3, 0.4) is 0 Å². The number of pyridine rings is 1. The molecule has 0 saturated heterocycles. The number of carbonyl (C=O) groups is 1. The number of aromatic carboxylic acids is 1. The van der Waals surface area contributed by atoms with Crippen LogP contribution in [0, 0.1) is 6.92 Å². The van der Waals surface area contributed by atoms with E-state index in [4.69, 9.17) is 5.11 Å². The third-order valence-electron chi connectivity index (χ3n) is 2.80. The Bertz CT molecular complexity index is 390. The lowest BCUT2D eigenvalue weighted by atomic mass is 9.89. The first-order valence-electron chi connectivity index (χ1n) is 4.91. The van der Waals surface area contributed by atoms with Gasteiger partial charge in [-0.15, -0.1) is 12.4 Å². The Morgan fingerprint density at radius 3 is 2.73 bits per heavy atom. The summed E-state index contributed by atoms with van der Waals surface area (Å²) < 4.78 is 0. The first-order valence-corrected chi connectivity index (χ1v) is 4.91. The zero-order valence-corrected chi connectivity index (χ0v) is 9.43. The summed E-state index contributed by atoms with van der Waals surface area (Å²) in [7, 11) is 0. The second-order valence-electron chi connectivity index (χ2n) is 3.73. The summed E-state index contributed by atoms with van der Waals surface area (Å²) >= 11 is 0. The molecule has 1 aromatic rings. The maximum atomic E-state index is 11.1. The van der Waals surface area contributed by atoms with Gasteiger partial charge in [0.05, 0.1) is 11.3 Å². The summed E-state index contributed by atoms with van der Waals surface area (Å²) in [6.07, 6.45) is 5.94. The van der Waals surface area contributed by atoms with Crippen molar-refractivity contribution in [1.82, 2.24) is 4.98 Å². The predicted molar refractivity (Wildman–Crippen MR) is 59.8 cm³/mol. The number of carboxylic acids is 1. The molecule has 1 aliphatic rings. The van der Waals surface area contributed by atoms with Crippen molar-refractivity contribution in [2.75, 3.05) is 0 Å². The Morgan fingerprint density at radius 1 is 1.40 bits per heavy atom. The van der Waals surface area contributed by atoms with Crippen LogP contribution in [0.2, 0.25) is 0 Å². The first-order chi connectivity index (χ1) is 6.70. The van der Waals surface area contributed by atoms with Crippen LogP contribution in [-0.4, -0.2) is 16.1 Å². The van der Waals surface area contributed by atoms with E-state index >= 15 is 0 Å². The van der Waals surface area contributed by atoms with Crippen LogP contribution in [0.1, 0.15) is 40.0 Å². The number of hydrogen-bond donors (Lipinski definition) is 1. The second-order valence-corrected chi connectivity index (χ2v) is 3.73. The number of fused-ring (bicyclic) bond motifs is 1. The summed E-state index contributed by atoms with van der Waals surface area (Å²) in [5.74, 6) is -0.839. The van der Waals surface area contributed by atoms with Crippen LogP contribution >= 0.6 is 12.4 Å². The molecule has 15 heavy (non-hydrogen) atoms. The van der Waals surface area contributed by atoms with Crippen molar-refractivity contribution < 1.29 is 9.90 Å². The van der Waals surface area contributed by atoms with Gasteiger partial charge >= 0.3 is 5.97 Å². The molecule has 3 nitrogen and oxygen atoms in total. The van der Waals surface area contributed by atoms with E-state index < -0.39 is 5.97 Å². The lowest BCUT2D eigenvalue weighted by Gasteiger charge is -2.18. The molecule has 1 aromatic heterocycles. The Labute approximate surface area is 94.9 Å². The summed E-state index contributed by atoms with van der Waals surface area (Å²) in [5.41, 5.74) is 3.20. The van der Waals surface area contributed by atoms with E-state index in [1.54, 1.807) is 6.92 Å². The Kier molecular flexibility index (Phi) is 3.69. The van der Waals surface area contributed by atoms with Crippen LogP contribution in [0.25, 0.3) is 0 Å². The van der Waals surface area contributed by atoms with Gasteiger partial charge in [0.2, 0.25) is 0 Å². The van der Waals surface area contributed by atoms with Gasteiger partial charge in [-0.05, 0) is 43.7 Å². The highest BCUT2D eigenvalue weighted by Gasteiger charge is 2.19. The van der Waals surface area contributed by atoms with Gasteiger partial charge in [0.25, 0.3) is 0 Å². The number of halogens is 1. The van der Waals surface area contributed by atoms with Crippen LogP contribution in [-0.2, 0) is 12.8 Å². The summed E-state index contributed by atoms with van der Waals surface area (Å²) in [6.45, 7) is 1.76. The molecule has 2 rings (SSSR count). The molecular formula is C11H14ClNO2. The molecular weight excluding hydrogens is 214 g/mol. The molecule has 0 amide bonds. The van der Waals surface area contributed by atoms with Crippen molar-refractivity contribution in [2.45, 2.75) is 32.6 Å². The van der Waals surface area contributed by atoms with Crippen LogP contribution in [0.15, 0.2) is 6.20 Å². The summed E-state index contributed by atoms with van der Waals surface area (Å²) in [5, 5.41) is 9.08. The molecule has 0 aromatic carbocycles. The lowest BCUT2D eigenvalue weighted by Crippen LogP contribution is -2.13. The van der Waals surface area contributed by atoms with E-state index in [0.29, 0.717) is 11.3 Å². The zero-order valence-electron chi connectivity index (χ0n) is 8.62. The molecule has 82 valence electrons. The Hall–Kier alpha value is -1.09. The van der Waals surface area contributed by atoms with Crippen molar-refractivity contribution in [3.63, 3.8) is 0 Å². The molecule has 0 radical (unpaired) electrons. The lowest BCUT2D eigenvalue weighted by molar-refractivity contribution is 0.0694. The summed E-state index contributed by atoms with van der Waals surface area (Å²) in [4.78, 5) is 15.2. The predicted octanol–water partition coefficient (Wildman–Crippen LogP) is 2.39. The fourth-order valence-corrected chi connectivity index (χ4v) is 2.10. The topological polar surface area (TPSA) is 50.2 Å². The van der Waals surface area contributed by atoms with Crippen molar-refractivity contribution in [2.24, 2.45) is 0 Å². The van der Waals surface area contributed by atoms with Crippen LogP contribution in [0.4, 0.5) is 0 Å². The van der Waals surface area contributed by atoms with Gasteiger partial charge in [-0.1, -0.05) is 0 Å². The van der Waals surface area contributed by atoms with Crippen molar-refractivity contribution in [3.8, 4) is 0 Å². The maximum absolute atomic E-state index is 11.1. The van der Waals surface area contributed by atoms with Gasteiger partial charge in [0.15, 0.2) is 0 Å². The average molecular weight is 228 g/mol. The Balaban J connectivity index is 0.00000112. The van der Waals surface area contributed by atoms with Crippen molar-refractivity contribution >= 4 is 18.4 Å². The number of aryl methyl sites for hydroxylation is 2. The summed E-state index contributed by atoms with van der Waals surface area (Å²) in [6, 6.07) is 0. The highest BCUT2D eigenvalue weighted by Crippen LogP contribution is 2.25. The SMILES string of the molecule is Cc1ncc2c(c1C(=O)O)CCCC2.Cl. The fraction of sp³-hybridized carbons (Fsp3) is 0.455. The van der Waals surface area contributed by atoms with Gasteiger partial charge in [-0.3, -0.25) is 4.98 Å². The van der Waals surface area contributed by atoms with E-state index in [0.717, 1.165) is 36.8 Å². The van der Waals surface area contributed by atoms with Gasteiger partial charge in [0.1, 0.15) is 0 Å². The van der Waals surface area contributed by atoms with Crippen LogP contribution in [0.5, 0.6) is 0 Å². The first kappa shape index (κ1) is 12.0. The quantitative estimate of drug-likeness (QED) is 0.802. The minimum atomic E-state index is -0.839. The van der Waals surface area contributed by atoms with E-state index in [1.807, 2.05) is 6.20 Å². The fourth-order valence-electron chi connectivity index (χ4n) is 2.10. The zero-order chi connectivity index (χ0) is 10.1. The van der Waals surface area contributed by atoms with E-state index in [1.165, 1.54) is 0 Å². The molecule has 0 saturated carbocycles. The molecule has 0 aliphatic heterocycles. The Morgan fingerprint density at radius 2 is 2.07 bits per heavy atom. The number of carboxylic acid groups (broad SMARTS) is 1. The molecule has 0 bridgehead atoms. The van der Waals surface area contributed by atoms with Gasteiger partial charge < -0.3 is 5.11 Å². The number of rotatable bonds is 1. The molecule has 0 fully saturated rings. The van der Waals surface area contributed by atoms with Crippen molar-refractivity contribution in [1.29, 1.82) is 0 Å². The third kappa shape index (κ3) is 2.12. The van der Waals surface area contributed by atoms with Crippen molar-refractivity contribution in [3.05, 3.63) is 28.6 Å². The highest BCUT2D eigenvalue weighted by atomic mass is 35.5. The average Bonchev–Trinajstić information content (AvgIpc) is 2.17. The van der Waals surface area contributed by atoms with Gasteiger partial charge in [-0.25, -0.2) is 4.79 Å².